The van der Waals surface area contributed by atoms with Crippen LogP contribution in [0.25, 0.3) is 0 Å². The van der Waals surface area contributed by atoms with E-state index < -0.39 is 11.9 Å². The van der Waals surface area contributed by atoms with Gasteiger partial charge in [0, 0.05) is 0 Å². The number of hydrogen-bond donors (Lipinski definition) is 0. The second kappa shape index (κ2) is 20.6. The van der Waals surface area contributed by atoms with Crippen molar-refractivity contribution in [2.45, 2.75) is 35.6 Å². The van der Waals surface area contributed by atoms with Gasteiger partial charge in [-0.3, -0.25) is 0 Å². The predicted octanol–water partition coefficient (Wildman–Crippen LogP) is 0.192. The number of carboxylic acid groups (broad SMARTS) is 2. The van der Waals surface area contributed by atoms with Gasteiger partial charge >= 0.3 is 56.7 Å². The minimum atomic E-state index is -1.23. The van der Waals surface area contributed by atoms with Crippen molar-refractivity contribution in [3.8, 4) is 0 Å². The number of hydrogen-bond acceptors (Lipinski definition) is 4. The molecule has 0 saturated carbocycles. The van der Waals surface area contributed by atoms with Crippen LogP contribution in [0.2, 0.25) is 8.87 Å². The van der Waals surface area contributed by atoms with Crippen molar-refractivity contribution in [2.24, 2.45) is 0 Å². The van der Waals surface area contributed by atoms with Gasteiger partial charge in [-0.25, -0.2) is 0 Å². The molecule has 96 valence electrons. The van der Waals surface area contributed by atoms with Crippen LogP contribution in [-0.2, 0) is 9.59 Å². The molecule has 0 aliphatic heterocycles. The third-order valence-electron chi connectivity index (χ3n) is 1.19. The maximum absolute atomic E-state index is 9.14. The summed E-state index contributed by atoms with van der Waals surface area (Å²) in [7, 11) is 0. The first-order valence-electron chi connectivity index (χ1n) is 5.33. The van der Waals surface area contributed by atoms with E-state index in [-0.39, 0.29) is 21.1 Å². The molecule has 0 unspecified atom stereocenters. The van der Waals surface area contributed by atoms with Crippen LogP contribution in [0.1, 0.15) is 26.7 Å². The van der Waals surface area contributed by atoms with Crippen LogP contribution in [0.15, 0.2) is 25.3 Å². The Morgan fingerprint density at radius 3 is 1.35 bits per heavy atom. The zero-order valence-corrected chi connectivity index (χ0v) is 13.4. The Labute approximate surface area is 114 Å². The summed E-state index contributed by atoms with van der Waals surface area (Å²) < 4.78 is 3.19. The number of carbonyl (C=O) groups is 2. The fraction of sp³-hybridized carbons (Fsp3) is 0.500. The van der Waals surface area contributed by atoms with Gasteiger partial charge in [0.05, 0.1) is 11.9 Å². The van der Waals surface area contributed by atoms with E-state index in [1.54, 1.807) is 8.87 Å². The molecule has 0 saturated heterocycles. The molecular weight excluding hydrogens is 327 g/mol. The van der Waals surface area contributed by atoms with Crippen LogP contribution in [0.3, 0.4) is 0 Å². The molecule has 0 radical (unpaired) electrons. The summed E-state index contributed by atoms with van der Waals surface area (Å²) in [4.78, 5) is 18.3. The second-order valence-electron chi connectivity index (χ2n) is 2.80. The van der Waals surface area contributed by atoms with E-state index >= 15 is 0 Å². The molecule has 0 spiro atoms. The Kier molecular flexibility index (Phi) is 26.1. The van der Waals surface area contributed by atoms with E-state index in [2.05, 4.69) is 27.0 Å². The van der Waals surface area contributed by atoms with Gasteiger partial charge in [-0.05, 0) is 12.2 Å². The first-order chi connectivity index (χ1) is 7.95. The van der Waals surface area contributed by atoms with Gasteiger partial charge in [-0.2, -0.15) is 0 Å². The van der Waals surface area contributed by atoms with Crippen LogP contribution in [0.4, 0.5) is 0 Å². The molecular formula is C12H20O4Sn. The minimum absolute atomic E-state index is 0.181. The Morgan fingerprint density at radius 2 is 1.24 bits per heavy atom. The molecule has 0 aromatic heterocycles. The van der Waals surface area contributed by atoms with Crippen LogP contribution < -0.4 is 10.2 Å². The molecule has 0 N–H and O–H groups in total. The average Bonchev–Trinajstić information content (AvgIpc) is 2.31. The topological polar surface area (TPSA) is 80.3 Å². The third kappa shape index (κ3) is 51.0. The first kappa shape index (κ1) is 21.5. The molecule has 0 aliphatic carbocycles. The zero-order chi connectivity index (χ0) is 14.1. The summed E-state index contributed by atoms with van der Waals surface area (Å²) in [6.07, 6.45) is 4.32. The second-order valence-corrected chi connectivity index (χ2v) is 7.08. The molecule has 0 bridgehead atoms. The molecule has 0 heterocycles. The third-order valence-corrected chi connectivity index (χ3v) is 6.06. The molecule has 0 aliphatic rings. The number of rotatable bonds is 6. The number of aliphatic carboxylic acids is 2. The van der Waals surface area contributed by atoms with Gasteiger partial charge in [0.2, 0.25) is 0 Å². The Balaban J connectivity index is -0.000000177. The van der Waals surface area contributed by atoms with Crippen molar-refractivity contribution in [1.29, 1.82) is 0 Å². The van der Waals surface area contributed by atoms with E-state index in [1.807, 2.05) is 0 Å². The van der Waals surface area contributed by atoms with Crippen LogP contribution >= 0.6 is 0 Å². The molecule has 0 atom stereocenters. The quantitative estimate of drug-likeness (QED) is 0.390. The Bertz CT molecular complexity index is 193. The summed E-state index contributed by atoms with van der Waals surface area (Å²) in [5, 5.41) is 18.3. The molecule has 0 fully saturated rings. The van der Waals surface area contributed by atoms with Gasteiger partial charge in [-0.1, -0.05) is 13.2 Å². The van der Waals surface area contributed by atoms with E-state index in [0.717, 1.165) is 12.2 Å². The van der Waals surface area contributed by atoms with Gasteiger partial charge in [0.1, 0.15) is 0 Å². The molecule has 0 amide bonds. The molecule has 5 heteroatoms. The molecule has 4 nitrogen and oxygen atoms in total. The van der Waals surface area contributed by atoms with Gasteiger partial charge in [0.15, 0.2) is 0 Å². The SMILES string of the molecule is C=CC(=O)[O-].C=CC(=O)[O-].CC[CH2][Sn+2][CH2]CC. The summed E-state index contributed by atoms with van der Waals surface area (Å²) in [5.74, 6) is -2.46. The summed E-state index contributed by atoms with van der Waals surface area (Å²) in [6.45, 7) is 10.4. The Hall–Kier alpha value is -0.781. The van der Waals surface area contributed by atoms with Crippen LogP contribution in [-0.4, -0.2) is 33.1 Å². The molecule has 17 heavy (non-hydrogen) atoms. The van der Waals surface area contributed by atoms with Crippen LogP contribution in [0, 0.1) is 0 Å². The van der Waals surface area contributed by atoms with E-state index in [4.69, 9.17) is 19.8 Å². The van der Waals surface area contributed by atoms with Gasteiger partial charge in [0.25, 0.3) is 0 Å². The zero-order valence-electron chi connectivity index (χ0n) is 10.5. The van der Waals surface area contributed by atoms with E-state index in [1.165, 1.54) is 12.8 Å². The summed E-state index contributed by atoms with van der Waals surface area (Å²) in [5.41, 5.74) is 0. The maximum atomic E-state index is 9.14. The van der Waals surface area contributed by atoms with Crippen molar-refractivity contribution in [3.05, 3.63) is 25.3 Å². The number of carbonyl (C=O) groups excluding carboxylic acids is 2. The van der Waals surface area contributed by atoms with Crippen molar-refractivity contribution in [3.63, 3.8) is 0 Å². The van der Waals surface area contributed by atoms with Gasteiger partial charge < -0.3 is 19.8 Å². The normalized spacial score (nSPS) is 7.18. The fourth-order valence-corrected chi connectivity index (χ4v) is 3.21. The van der Waals surface area contributed by atoms with E-state index in [0.29, 0.717) is 0 Å². The molecule has 0 rings (SSSR count). The van der Waals surface area contributed by atoms with Crippen molar-refractivity contribution >= 4 is 33.1 Å². The molecule has 0 aromatic rings. The van der Waals surface area contributed by atoms with Gasteiger partial charge in [-0.15, -0.1) is 0 Å². The monoisotopic (exact) mass is 348 g/mol. The fourth-order valence-electron chi connectivity index (χ4n) is 0.479. The van der Waals surface area contributed by atoms with E-state index in [9.17, 15) is 0 Å². The standard InChI is InChI=1S/2C3H4O2.2C3H7.Sn/c2*1-2-3(4)5;2*1-3-2;/h2*2H,1H2,(H,4,5);2*1,3H2,2H3;/q;;;;+2/p-2. The predicted molar refractivity (Wildman–Crippen MR) is 66.4 cm³/mol. The summed E-state index contributed by atoms with van der Waals surface area (Å²) >= 11 is 0.181. The summed E-state index contributed by atoms with van der Waals surface area (Å²) in [6, 6.07) is 0. The first-order valence-corrected chi connectivity index (χ1v) is 9.37. The Morgan fingerprint density at radius 1 is 1.00 bits per heavy atom. The average molecular weight is 347 g/mol. The van der Waals surface area contributed by atoms with Crippen LogP contribution in [0.5, 0.6) is 0 Å². The van der Waals surface area contributed by atoms with Crippen molar-refractivity contribution in [1.82, 2.24) is 0 Å². The molecule has 0 aromatic carbocycles. The van der Waals surface area contributed by atoms with Crippen molar-refractivity contribution < 1.29 is 19.8 Å². The number of carboxylic acids is 2. The van der Waals surface area contributed by atoms with Crippen molar-refractivity contribution in [2.75, 3.05) is 0 Å².